The highest BCUT2D eigenvalue weighted by Crippen LogP contribution is 2.33. The average Bonchev–Trinajstić information content (AvgIpc) is 2.93. The van der Waals surface area contributed by atoms with Gasteiger partial charge in [0.1, 0.15) is 18.1 Å². The van der Waals surface area contributed by atoms with Gasteiger partial charge >= 0.3 is 0 Å². The number of amides is 2. The van der Waals surface area contributed by atoms with Gasteiger partial charge in [0.05, 0.1) is 22.5 Å². The third kappa shape index (κ3) is 5.10. The molecule has 0 aromatic heterocycles. The second-order valence-electron chi connectivity index (χ2n) is 5.76. The summed E-state index contributed by atoms with van der Waals surface area (Å²) in [5.41, 5.74) is 0.804. The van der Waals surface area contributed by atoms with Gasteiger partial charge in [-0.25, -0.2) is 0 Å². The Labute approximate surface area is 180 Å². The number of hydrogen-bond acceptors (Lipinski definition) is 5. The summed E-state index contributed by atoms with van der Waals surface area (Å²) in [4.78, 5) is 26.3. The summed E-state index contributed by atoms with van der Waals surface area (Å²) < 4.78 is 11.8. The second-order valence-corrected chi connectivity index (χ2v) is 8.04. The minimum atomic E-state index is -0.320. The largest absolute Gasteiger partial charge is 0.493 e. The molecule has 1 aliphatic rings. The lowest BCUT2D eigenvalue weighted by Gasteiger charge is -2.13. The second kappa shape index (κ2) is 9.49. The molecule has 0 atom stereocenters. The summed E-state index contributed by atoms with van der Waals surface area (Å²) in [6.07, 6.45) is 1.70. The van der Waals surface area contributed by atoms with Crippen LogP contribution in [0, 0.1) is 0 Å². The number of imide groups is 1. The highest BCUT2D eigenvalue weighted by atomic mass is 79.9. The standard InChI is InChI=1S/C20H17BrClNO4S/c1-2-26-17-8-3-13(11-16(17)21)12-18-19(24)23(20(25)28-18)9-10-27-15-6-4-14(22)5-7-15/h3-8,11-12H,2,9-10H2,1H3/b18-12-. The van der Waals surface area contributed by atoms with Gasteiger partial charge in [0, 0.05) is 5.02 Å². The smallest absolute Gasteiger partial charge is 0.293 e. The summed E-state index contributed by atoms with van der Waals surface area (Å²) >= 11 is 10.2. The molecule has 2 aromatic rings. The highest BCUT2D eigenvalue weighted by Gasteiger charge is 2.34. The Morgan fingerprint density at radius 2 is 1.89 bits per heavy atom. The zero-order valence-corrected chi connectivity index (χ0v) is 18.1. The van der Waals surface area contributed by atoms with Gasteiger partial charge in [-0.15, -0.1) is 0 Å². The number of benzene rings is 2. The predicted molar refractivity (Wildman–Crippen MR) is 115 cm³/mol. The molecule has 0 saturated carbocycles. The number of ether oxygens (including phenoxy) is 2. The number of halogens is 2. The quantitative estimate of drug-likeness (QED) is 0.480. The molecule has 1 aliphatic heterocycles. The van der Waals surface area contributed by atoms with Crippen LogP contribution in [0.5, 0.6) is 11.5 Å². The van der Waals surface area contributed by atoms with E-state index < -0.39 is 0 Å². The van der Waals surface area contributed by atoms with Crippen molar-refractivity contribution >= 4 is 56.5 Å². The molecule has 0 aliphatic carbocycles. The minimum absolute atomic E-state index is 0.178. The zero-order chi connectivity index (χ0) is 20.1. The van der Waals surface area contributed by atoms with Crippen molar-refractivity contribution in [1.82, 2.24) is 4.90 Å². The Balaban J connectivity index is 1.63. The fourth-order valence-electron chi connectivity index (χ4n) is 2.51. The molecule has 2 aromatic carbocycles. The number of carbonyl (C=O) groups excluding carboxylic acids is 2. The van der Waals surface area contributed by atoms with E-state index in [1.54, 1.807) is 30.3 Å². The van der Waals surface area contributed by atoms with E-state index in [1.165, 1.54) is 4.90 Å². The van der Waals surface area contributed by atoms with Gasteiger partial charge in [-0.1, -0.05) is 17.7 Å². The van der Waals surface area contributed by atoms with Crippen LogP contribution in [-0.2, 0) is 4.79 Å². The van der Waals surface area contributed by atoms with Crippen LogP contribution in [0.3, 0.4) is 0 Å². The Kier molecular flexibility index (Phi) is 7.04. The number of carbonyl (C=O) groups is 2. The van der Waals surface area contributed by atoms with E-state index in [9.17, 15) is 9.59 Å². The molecule has 0 unspecified atom stereocenters. The van der Waals surface area contributed by atoms with Gasteiger partial charge in [-0.05, 0) is 82.7 Å². The van der Waals surface area contributed by atoms with Gasteiger partial charge in [-0.2, -0.15) is 0 Å². The fourth-order valence-corrected chi connectivity index (χ4v) is 4.01. The molecule has 8 heteroatoms. The van der Waals surface area contributed by atoms with Crippen molar-refractivity contribution in [3.8, 4) is 11.5 Å². The molecule has 0 bridgehead atoms. The molecule has 0 N–H and O–H groups in total. The van der Waals surface area contributed by atoms with Gasteiger partial charge in [0.25, 0.3) is 11.1 Å². The highest BCUT2D eigenvalue weighted by molar-refractivity contribution is 9.10. The Bertz CT molecular complexity index is 917. The van der Waals surface area contributed by atoms with Crippen LogP contribution in [0.1, 0.15) is 12.5 Å². The van der Waals surface area contributed by atoms with Crippen molar-refractivity contribution < 1.29 is 19.1 Å². The van der Waals surface area contributed by atoms with Crippen LogP contribution in [0.15, 0.2) is 51.8 Å². The molecule has 2 amide bonds. The van der Waals surface area contributed by atoms with Gasteiger partial charge in [0.2, 0.25) is 0 Å². The van der Waals surface area contributed by atoms with Gasteiger partial charge in [-0.3, -0.25) is 14.5 Å². The molecular weight excluding hydrogens is 466 g/mol. The first-order chi connectivity index (χ1) is 13.5. The van der Waals surface area contributed by atoms with Crippen LogP contribution in [0.2, 0.25) is 5.02 Å². The number of rotatable bonds is 7. The summed E-state index contributed by atoms with van der Waals surface area (Å²) in [5, 5.41) is 0.310. The zero-order valence-electron chi connectivity index (χ0n) is 15.0. The van der Waals surface area contributed by atoms with Crippen molar-refractivity contribution in [2.75, 3.05) is 19.8 Å². The molecule has 1 heterocycles. The number of nitrogens with zero attached hydrogens (tertiary/aromatic N) is 1. The van der Waals surface area contributed by atoms with Crippen molar-refractivity contribution in [3.63, 3.8) is 0 Å². The third-order valence-corrected chi connectivity index (χ3v) is 5.60. The van der Waals surface area contributed by atoms with E-state index in [-0.39, 0.29) is 24.3 Å². The number of thioether (sulfide) groups is 1. The molecule has 0 radical (unpaired) electrons. The first-order valence-corrected chi connectivity index (χ1v) is 10.5. The van der Waals surface area contributed by atoms with Crippen LogP contribution in [0.25, 0.3) is 6.08 Å². The summed E-state index contributed by atoms with van der Waals surface area (Å²) in [7, 11) is 0. The molecule has 28 heavy (non-hydrogen) atoms. The van der Waals surface area contributed by atoms with E-state index in [1.807, 2.05) is 25.1 Å². The van der Waals surface area contributed by atoms with Crippen LogP contribution < -0.4 is 9.47 Å². The maximum Gasteiger partial charge on any atom is 0.293 e. The summed E-state index contributed by atoms with van der Waals surface area (Å²) in [6, 6.07) is 12.4. The van der Waals surface area contributed by atoms with Gasteiger partial charge in [0.15, 0.2) is 0 Å². The molecule has 5 nitrogen and oxygen atoms in total. The predicted octanol–water partition coefficient (Wildman–Crippen LogP) is 5.62. The maximum absolute atomic E-state index is 12.6. The van der Waals surface area contributed by atoms with Crippen molar-refractivity contribution in [2.45, 2.75) is 6.92 Å². The van der Waals surface area contributed by atoms with E-state index in [0.29, 0.717) is 22.3 Å². The summed E-state index contributed by atoms with van der Waals surface area (Å²) in [5.74, 6) is 1.04. The Hall–Kier alpha value is -1.96. The topological polar surface area (TPSA) is 55.8 Å². The monoisotopic (exact) mass is 481 g/mol. The average molecular weight is 483 g/mol. The van der Waals surface area contributed by atoms with Crippen LogP contribution in [0.4, 0.5) is 4.79 Å². The molecular formula is C20H17BrClNO4S. The van der Waals surface area contributed by atoms with Crippen molar-refractivity contribution in [3.05, 3.63) is 62.4 Å². The molecule has 3 rings (SSSR count). The Morgan fingerprint density at radius 1 is 1.14 bits per heavy atom. The third-order valence-electron chi connectivity index (χ3n) is 3.82. The van der Waals surface area contributed by atoms with E-state index in [0.717, 1.165) is 27.5 Å². The number of hydrogen-bond donors (Lipinski definition) is 0. The fraction of sp³-hybridized carbons (Fsp3) is 0.200. The lowest BCUT2D eigenvalue weighted by atomic mass is 10.2. The molecule has 146 valence electrons. The minimum Gasteiger partial charge on any atom is -0.493 e. The first kappa shape index (κ1) is 20.8. The van der Waals surface area contributed by atoms with Crippen molar-refractivity contribution in [1.29, 1.82) is 0 Å². The molecule has 1 fully saturated rings. The lowest BCUT2D eigenvalue weighted by molar-refractivity contribution is -0.123. The Morgan fingerprint density at radius 3 is 2.57 bits per heavy atom. The van der Waals surface area contributed by atoms with Crippen LogP contribution in [-0.4, -0.2) is 35.8 Å². The molecule has 1 saturated heterocycles. The van der Waals surface area contributed by atoms with Crippen molar-refractivity contribution in [2.24, 2.45) is 0 Å². The maximum atomic E-state index is 12.6. The van der Waals surface area contributed by atoms with E-state index >= 15 is 0 Å². The SMILES string of the molecule is CCOc1ccc(/C=C2\SC(=O)N(CCOc3ccc(Cl)cc3)C2=O)cc1Br. The normalized spacial score (nSPS) is 15.4. The first-order valence-electron chi connectivity index (χ1n) is 8.54. The van der Waals surface area contributed by atoms with E-state index in [4.69, 9.17) is 21.1 Å². The summed E-state index contributed by atoms with van der Waals surface area (Å²) in [6.45, 7) is 2.86. The van der Waals surface area contributed by atoms with E-state index in [2.05, 4.69) is 15.9 Å². The molecule has 0 spiro atoms. The lowest BCUT2D eigenvalue weighted by Crippen LogP contribution is -2.32. The van der Waals surface area contributed by atoms with Gasteiger partial charge < -0.3 is 9.47 Å². The van der Waals surface area contributed by atoms with Crippen LogP contribution >= 0.6 is 39.3 Å².